The normalized spacial score (nSPS) is 10.8. The molecule has 3 aromatic carbocycles. The zero-order chi connectivity index (χ0) is 17.2. The minimum Gasteiger partial charge on any atom is -0.297 e. The number of halogens is 1. The van der Waals surface area contributed by atoms with Crippen LogP contribution in [0.5, 0.6) is 0 Å². The van der Waals surface area contributed by atoms with E-state index in [1.807, 2.05) is 66.7 Å². The lowest BCUT2D eigenvalue weighted by Crippen LogP contribution is -2.29. The fraction of sp³-hybridized carbons (Fsp3) is 0. The summed E-state index contributed by atoms with van der Waals surface area (Å²) in [7, 11) is 0. The summed E-state index contributed by atoms with van der Waals surface area (Å²) in [4.78, 5) is 17.2. The summed E-state index contributed by atoms with van der Waals surface area (Å²) >= 11 is 3.40. The summed E-state index contributed by atoms with van der Waals surface area (Å²) < 4.78 is 0.749. The van der Waals surface area contributed by atoms with Gasteiger partial charge in [-0.15, -0.1) is 0 Å². The highest BCUT2D eigenvalue weighted by atomic mass is 79.9. The second kappa shape index (κ2) is 6.53. The fourth-order valence-corrected chi connectivity index (χ4v) is 3.27. The van der Waals surface area contributed by atoms with Gasteiger partial charge in [0.05, 0.1) is 22.3 Å². The van der Waals surface area contributed by atoms with Gasteiger partial charge < -0.3 is 0 Å². The number of nitrogens with zero attached hydrogens (tertiary/aromatic N) is 1. The summed E-state index contributed by atoms with van der Waals surface area (Å²) in [6, 6.07) is 23.0. The number of para-hydroxylation sites is 2. The third-order valence-electron chi connectivity index (χ3n) is 4.01. The molecule has 0 atom stereocenters. The maximum atomic E-state index is 12.5. The summed E-state index contributed by atoms with van der Waals surface area (Å²) in [5, 5.41) is 1.90. The Morgan fingerprint density at radius 2 is 1.36 bits per heavy atom. The number of hydrogen-bond donors (Lipinski definition) is 2. The number of carbonyl (C=O) groups is 1. The summed E-state index contributed by atoms with van der Waals surface area (Å²) in [5.74, 6) is -0.211. The number of pyridine rings is 1. The monoisotopic (exact) mass is 391 g/mol. The molecule has 0 saturated carbocycles. The molecule has 0 fully saturated rings. The highest BCUT2D eigenvalue weighted by Crippen LogP contribution is 2.30. The number of aromatic nitrogens is 1. The summed E-state index contributed by atoms with van der Waals surface area (Å²) in [6.45, 7) is 0. The minimum atomic E-state index is -0.211. The lowest BCUT2D eigenvalue weighted by atomic mass is 10.1. The zero-order valence-electron chi connectivity index (χ0n) is 13.2. The van der Waals surface area contributed by atoms with Gasteiger partial charge in [0.15, 0.2) is 0 Å². The van der Waals surface area contributed by atoms with Crippen LogP contribution in [0.25, 0.3) is 21.8 Å². The van der Waals surface area contributed by atoms with E-state index in [4.69, 9.17) is 0 Å². The number of nitrogens with one attached hydrogen (secondary N) is 2. The van der Waals surface area contributed by atoms with Gasteiger partial charge in [-0.3, -0.25) is 15.6 Å². The Kier molecular flexibility index (Phi) is 4.07. The predicted octanol–water partition coefficient (Wildman–Crippen LogP) is 4.91. The fourth-order valence-electron chi connectivity index (χ4n) is 2.81. The number of fused-ring (bicyclic) bond motifs is 2. The van der Waals surface area contributed by atoms with E-state index in [2.05, 4.69) is 31.8 Å². The molecular formula is C20H14BrN3O. The van der Waals surface area contributed by atoms with Gasteiger partial charge in [0.1, 0.15) is 0 Å². The molecule has 4 nitrogen and oxygen atoms in total. The maximum Gasteiger partial charge on any atom is 0.270 e. The second-order valence-electron chi connectivity index (χ2n) is 5.58. The number of anilines is 1. The standard InChI is InChI=1S/C20H14BrN3O/c21-16-10-4-1-7-13(16)20(25)24-23-19-14-8-2-5-11-17(14)22-18-12-6-3-9-15(18)19/h1-12H,(H,22,23)(H,24,25). The average molecular weight is 392 g/mol. The Hall–Kier alpha value is -2.92. The molecule has 4 rings (SSSR count). The molecule has 0 bridgehead atoms. The van der Waals surface area contributed by atoms with Crippen LogP contribution in [0.3, 0.4) is 0 Å². The molecule has 25 heavy (non-hydrogen) atoms. The van der Waals surface area contributed by atoms with Gasteiger partial charge in [-0.05, 0) is 40.2 Å². The Morgan fingerprint density at radius 3 is 2.00 bits per heavy atom. The molecule has 0 aliphatic carbocycles. The van der Waals surface area contributed by atoms with Crippen LogP contribution in [0, 0.1) is 0 Å². The molecule has 0 aliphatic rings. The molecule has 122 valence electrons. The van der Waals surface area contributed by atoms with Crippen LogP contribution in [0.15, 0.2) is 77.3 Å². The number of benzene rings is 3. The van der Waals surface area contributed by atoms with E-state index in [1.54, 1.807) is 6.07 Å². The molecule has 5 heteroatoms. The lowest BCUT2D eigenvalue weighted by Gasteiger charge is -2.14. The van der Waals surface area contributed by atoms with Crippen LogP contribution in [0.2, 0.25) is 0 Å². The largest absolute Gasteiger partial charge is 0.297 e. The van der Waals surface area contributed by atoms with E-state index in [1.165, 1.54) is 0 Å². The van der Waals surface area contributed by atoms with Crippen LogP contribution in [0.1, 0.15) is 10.4 Å². The van der Waals surface area contributed by atoms with Gasteiger partial charge in [0.2, 0.25) is 0 Å². The number of hydrogen-bond acceptors (Lipinski definition) is 3. The van der Waals surface area contributed by atoms with Gasteiger partial charge in [0, 0.05) is 15.2 Å². The van der Waals surface area contributed by atoms with Crippen LogP contribution < -0.4 is 10.9 Å². The molecular weight excluding hydrogens is 378 g/mol. The van der Waals surface area contributed by atoms with E-state index >= 15 is 0 Å². The van der Waals surface area contributed by atoms with Crippen molar-refractivity contribution in [3.8, 4) is 0 Å². The highest BCUT2D eigenvalue weighted by molar-refractivity contribution is 9.10. The van der Waals surface area contributed by atoms with Crippen LogP contribution in [-0.2, 0) is 0 Å². The first kappa shape index (κ1) is 15.6. The topological polar surface area (TPSA) is 54.0 Å². The summed E-state index contributed by atoms with van der Waals surface area (Å²) in [6.07, 6.45) is 0. The van der Waals surface area contributed by atoms with E-state index in [9.17, 15) is 4.79 Å². The Morgan fingerprint density at radius 1 is 0.800 bits per heavy atom. The van der Waals surface area contributed by atoms with Crippen molar-refractivity contribution in [2.75, 3.05) is 5.43 Å². The molecule has 0 aliphatic heterocycles. The first-order valence-corrected chi connectivity index (χ1v) is 8.62. The Labute approximate surface area is 153 Å². The molecule has 0 radical (unpaired) electrons. The number of carbonyl (C=O) groups excluding carboxylic acids is 1. The third kappa shape index (κ3) is 2.94. The minimum absolute atomic E-state index is 0.211. The van der Waals surface area contributed by atoms with Gasteiger partial charge in [-0.1, -0.05) is 48.5 Å². The van der Waals surface area contributed by atoms with E-state index < -0.39 is 0 Å². The van der Waals surface area contributed by atoms with E-state index in [-0.39, 0.29) is 5.91 Å². The van der Waals surface area contributed by atoms with Crippen molar-refractivity contribution in [2.45, 2.75) is 0 Å². The quantitative estimate of drug-likeness (QED) is 0.385. The van der Waals surface area contributed by atoms with Crippen molar-refractivity contribution in [2.24, 2.45) is 0 Å². The van der Waals surface area contributed by atoms with Crippen molar-refractivity contribution >= 4 is 49.3 Å². The number of amides is 1. The van der Waals surface area contributed by atoms with Crippen molar-refractivity contribution in [1.82, 2.24) is 10.4 Å². The molecule has 2 N–H and O–H groups in total. The van der Waals surface area contributed by atoms with Crippen molar-refractivity contribution < 1.29 is 4.79 Å². The van der Waals surface area contributed by atoms with Gasteiger partial charge >= 0.3 is 0 Å². The molecule has 0 spiro atoms. The van der Waals surface area contributed by atoms with Crippen molar-refractivity contribution in [3.63, 3.8) is 0 Å². The first-order chi connectivity index (χ1) is 12.2. The Bertz CT molecular complexity index is 1040. The van der Waals surface area contributed by atoms with Crippen LogP contribution in [0.4, 0.5) is 5.69 Å². The van der Waals surface area contributed by atoms with Crippen molar-refractivity contribution in [3.05, 3.63) is 82.8 Å². The summed E-state index contributed by atoms with van der Waals surface area (Å²) in [5.41, 5.74) is 9.04. The van der Waals surface area contributed by atoms with Crippen LogP contribution >= 0.6 is 15.9 Å². The number of rotatable bonds is 3. The average Bonchev–Trinajstić information content (AvgIpc) is 2.65. The molecule has 1 heterocycles. The van der Waals surface area contributed by atoms with Gasteiger partial charge in [0.25, 0.3) is 5.91 Å². The highest BCUT2D eigenvalue weighted by Gasteiger charge is 2.12. The zero-order valence-corrected chi connectivity index (χ0v) is 14.7. The molecule has 4 aromatic rings. The third-order valence-corrected chi connectivity index (χ3v) is 4.70. The molecule has 1 aromatic heterocycles. The smallest absolute Gasteiger partial charge is 0.270 e. The first-order valence-electron chi connectivity index (χ1n) is 7.82. The molecule has 1 amide bonds. The Balaban J connectivity index is 1.75. The van der Waals surface area contributed by atoms with Gasteiger partial charge in [-0.2, -0.15) is 0 Å². The van der Waals surface area contributed by atoms with Crippen molar-refractivity contribution in [1.29, 1.82) is 0 Å². The predicted molar refractivity (Wildman–Crippen MR) is 104 cm³/mol. The van der Waals surface area contributed by atoms with E-state index in [0.717, 1.165) is 32.0 Å². The maximum absolute atomic E-state index is 12.5. The van der Waals surface area contributed by atoms with E-state index in [0.29, 0.717) is 5.56 Å². The number of hydrazine groups is 1. The molecule has 0 unspecified atom stereocenters. The van der Waals surface area contributed by atoms with Gasteiger partial charge in [-0.25, -0.2) is 4.98 Å². The molecule has 0 saturated heterocycles. The lowest BCUT2D eigenvalue weighted by molar-refractivity contribution is 0.0962. The SMILES string of the molecule is O=C(NNc1c2ccccc2nc2ccccc12)c1ccccc1Br. The van der Waals surface area contributed by atoms with Crippen LogP contribution in [-0.4, -0.2) is 10.9 Å². The second-order valence-corrected chi connectivity index (χ2v) is 6.43.